The van der Waals surface area contributed by atoms with Gasteiger partial charge in [0.25, 0.3) is 0 Å². The Morgan fingerprint density at radius 1 is 1.05 bits per heavy atom. The molecule has 0 aromatic carbocycles. The van der Waals surface area contributed by atoms with E-state index in [0.29, 0.717) is 19.4 Å². The van der Waals surface area contributed by atoms with Crippen LogP contribution in [0.4, 0.5) is 0 Å². The number of aliphatic carboxylic acids is 1. The Labute approximate surface area is 122 Å². The summed E-state index contributed by atoms with van der Waals surface area (Å²) in [7, 11) is 0. The van der Waals surface area contributed by atoms with Gasteiger partial charge in [0.15, 0.2) is 0 Å². The number of carboxylic acids is 1. The molecule has 0 aromatic rings. The van der Waals surface area contributed by atoms with Crippen LogP contribution in [-0.2, 0) is 9.59 Å². The van der Waals surface area contributed by atoms with Gasteiger partial charge in [0.1, 0.15) is 6.04 Å². The standard InChI is InChI=1S/C15H30N2O3/c1-2-3-4-5-6-7-11-14(18)17-13(15(19)20)10-8-9-12-16/h13H,2-12,16H2,1H3,(H,17,18)(H,19,20)/t13-/m0/s1. The quantitative estimate of drug-likeness (QED) is 0.453. The molecule has 5 nitrogen and oxygen atoms in total. The summed E-state index contributed by atoms with van der Waals surface area (Å²) < 4.78 is 0. The van der Waals surface area contributed by atoms with Gasteiger partial charge in [-0.3, -0.25) is 4.79 Å². The van der Waals surface area contributed by atoms with Crippen LogP contribution >= 0.6 is 0 Å². The molecular weight excluding hydrogens is 256 g/mol. The molecule has 0 aliphatic heterocycles. The van der Waals surface area contributed by atoms with Crippen molar-refractivity contribution >= 4 is 11.9 Å². The highest BCUT2D eigenvalue weighted by Crippen LogP contribution is 2.07. The maximum absolute atomic E-state index is 11.7. The molecule has 0 fully saturated rings. The molecule has 0 aliphatic carbocycles. The fourth-order valence-electron chi connectivity index (χ4n) is 2.08. The molecule has 0 saturated carbocycles. The van der Waals surface area contributed by atoms with Gasteiger partial charge in [0.2, 0.25) is 5.91 Å². The third-order valence-electron chi connectivity index (χ3n) is 3.34. The lowest BCUT2D eigenvalue weighted by Gasteiger charge is -2.14. The monoisotopic (exact) mass is 286 g/mol. The van der Waals surface area contributed by atoms with Crippen LogP contribution in [0, 0.1) is 0 Å². The van der Waals surface area contributed by atoms with Crippen molar-refractivity contribution in [2.75, 3.05) is 6.54 Å². The van der Waals surface area contributed by atoms with Crippen LogP contribution in [0.25, 0.3) is 0 Å². The molecule has 0 saturated heterocycles. The molecule has 4 N–H and O–H groups in total. The van der Waals surface area contributed by atoms with Crippen LogP contribution < -0.4 is 11.1 Å². The van der Waals surface area contributed by atoms with E-state index in [4.69, 9.17) is 10.8 Å². The van der Waals surface area contributed by atoms with E-state index < -0.39 is 12.0 Å². The molecule has 0 bridgehead atoms. The van der Waals surface area contributed by atoms with Gasteiger partial charge in [-0.25, -0.2) is 4.79 Å². The number of nitrogens with one attached hydrogen (secondary N) is 1. The first-order chi connectivity index (χ1) is 9.61. The van der Waals surface area contributed by atoms with Gasteiger partial charge < -0.3 is 16.2 Å². The Hall–Kier alpha value is -1.10. The second kappa shape index (κ2) is 12.9. The fourth-order valence-corrected chi connectivity index (χ4v) is 2.08. The second-order valence-corrected chi connectivity index (χ2v) is 5.26. The number of unbranched alkanes of at least 4 members (excludes halogenated alkanes) is 6. The normalized spacial score (nSPS) is 12.1. The van der Waals surface area contributed by atoms with E-state index in [0.717, 1.165) is 32.1 Å². The molecule has 0 unspecified atom stereocenters. The van der Waals surface area contributed by atoms with Crippen LogP contribution in [0.15, 0.2) is 0 Å². The first-order valence-electron chi connectivity index (χ1n) is 7.84. The number of carbonyl (C=O) groups excluding carboxylic acids is 1. The van der Waals surface area contributed by atoms with E-state index in [-0.39, 0.29) is 5.91 Å². The van der Waals surface area contributed by atoms with Gasteiger partial charge in [0, 0.05) is 6.42 Å². The minimum Gasteiger partial charge on any atom is -0.480 e. The lowest BCUT2D eigenvalue weighted by atomic mass is 10.1. The van der Waals surface area contributed by atoms with Crippen molar-refractivity contribution in [3.63, 3.8) is 0 Å². The molecule has 5 heteroatoms. The molecule has 0 spiro atoms. The predicted octanol–water partition coefficient (Wildman–Crippen LogP) is 2.44. The summed E-state index contributed by atoms with van der Waals surface area (Å²) in [6.07, 6.45) is 9.10. The van der Waals surface area contributed by atoms with Gasteiger partial charge in [-0.15, -0.1) is 0 Å². The zero-order valence-electron chi connectivity index (χ0n) is 12.7. The van der Waals surface area contributed by atoms with Crippen LogP contribution in [-0.4, -0.2) is 29.6 Å². The van der Waals surface area contributed by atoms with Crippen molar-refractivity contribution in [1.82, 2.24) is 5.32 Å². The average Bonchev–Trinajstić information content (AvgIpc) is 2.41. The Morgan fingerprint density at radius 2 is 1.70 bits per heavy atom. The Balaban J connectivity index is 3.75. The molecule has 0 aliphatic rings. The van der Waals surface area contributed by atoms with Crippen LogP contribution in [0.3, 0.4) is 0 Å². The highest BCUT2D eigenvalue weighted by Gasteiger charge is 2.18. The Morgan fingerprint density at radius 3 is 2.30 bits per heavy atom. The molecule has 1 atom stereocenters. The zero-order chi connectivity index (χ0) is 15.2. The Kier molecular flexibility index (Phi) is 12.2. The lowest BCUT2D eigenvalue weighted by molar-refractivity contribution is -0.142. The van der Waals surface area contributed by atoms with Crippen molar-refractivity contribution in [3.05, 3.63) is 0 Å². The summed E-state index contributed by atoms with van der Waals surface area (Å²) in [5.74, 6) is -1.11. The average molecular weight is 286 g/mol. The van der Waals surface area contributed by atoms with Gasteiger partial charge in [-0.05, 0) is 32.2 Å². The largest absolute Gasteiger partial charge is 0.480 e. The number of nitrogens with two attached hydrogens (primary N) is 1. The predicted molar refractivity (Wildman–Crippen MR) is 80.5 cm³/mol. The zero-order valence-corrected chi connectivity index (χ0v) is 12.7. The smallest absolute Gasteiger partial charge is 0.326 e. The summed E-state index contributed by atoms with van der Waals surface area (Å²) in [5.41, 5.74) is 5.37. The number of hydrogen-bond donors (Lipinski definition) is 3. The van der Waals surface area contributed by atoms with E-state index in [2.05, 4.69) is 12.2 Å². The van der Waals surface area contributed by atoms with Crippen LogP contribution in [0.1, 0.15) is 71.1 Å². The van der Waals surface area contributed by atoms with Gasteiger partial charge in [0.05, 0.1) is 0 Å². The molecule has 0 rings (SSSR count). The number of hydrogen-bond acceptors (Lipinski definition) is 3. The van der Waals surface area contributed by atoms with E-state index in [1.54, 1.807) is 0 Å². The van der Waals surface area contributed by atoms with E-state index in [1.165, 1.54) is 19.3 Å². The highest BCUT2D eigenvalue weighted by atomic mass is 16.4. The lowest BCUT2D eigenvalue weighted by Crippen LogP contribution is -2.40. The topological polar surface area (TPSA) is 92.4 Å². The summed E-state index contributed by atoms with van der Waals surface area (Å²) in [5, 5.41) is 11.6. The first kappa shape index (κ1) is 18.9. The third kappa shape index (κ3) is 10.8. The number of carboxylic acid groups (broad SMARTS) is 1. The van der Waals surface area contributed by atoms with Gasteiger partial charge in [-0.2, -0.15) is 0 Å². The summed E-state index contributed by atoms with van der Waals surface area (Å²) in [6, 6.07) is -0.769. The van der Waals surface area contributed by atoms with Crippen molar-refractivity contribution in [2.45, 2.75) is 77.2 Å². The molecule has 0 heterocycles. The van der Waals surface area contributed by atoms with Crippen molar-refractivity contribution in [3.8, 4) is 0 Å². The molecule has 0 radical (unpaired) electrons. The van der Waals surface area contributed by atoms with E-state index in [1.807, 2.05) is 0 Å². The van der Waals surface area contributed by atoms with Gasteiger partial charge >= 0.3 is 5.97 Å². The van der Waals surface area contributed by atoms with Gasteiger partial charge in [-0.1, -0.05) is 39.0 Å². The minimum atomic E-state index is -0.960. The number of carbonyl (C=O) groups is 2. The summed E-state index contributed by atoms with van der Waals surface area (Å²) in [6.45, 7) is 2.72. The number of rotatable bonds is 13. The first-order valence-corrected chi connectivity index (χ1v) is 7.84. The number of amides is 1. The second-order valence-electron chi connectivity index (χ2n) is 5.26. The van der Waals surface area contributed by atoms with Crippen molar-refractivity contribution < 1.29 is 14.7 Å². The van der Waals surface area contributed by atoms with Crippen LogP contribution in [0.2, 0.25) is 0 Å². The van der Waals surface area contributed by atoms with Crippen LogP contribution in [0.5, 0.6) is 0 Å². The summed E-state index contributed by atoms with van der Waals surface area (Å²) in [4.78, 5) is 22.7. The molecular formula is C15H30N2O3. The van der Waals surface area contributed by atoms with Crippen molar-refractivity contribution in [2.24, 2.45) is 5.73 Å². The van der Waals surface area contributed by atoms with E-state index >= 15 is 0 Å². The SMILES string of the molecule is CCCCCCCCC(=O)N[C@@H](CCCCN)C(=O)O. The molecule has 1 amide bonds. The molecule has 118 valence electrons. The van der Waals surface area contributed by atoms with E-state index in [9.17, 15) is 9.59 Å². The molecule has 0 aromatic heterocycles. The minimum absolute atomic E-state index is 0.152. The van der Waals surface area contributed by atoms with Crippen molar-refractivity contribution in [1.29, 1.82) is 0 Å². The third-order valence-corrected chi connectivity index (χ3v) is 3.34. The molecule has 20 heavy (non-hydrogen) atoms. The maximum Gasteiger partial charge on any atom is 0.326 e. The summed E-state index contributed by atoms with van der Waals surface area (Å²) >= 11 is 0. The fraction of sp³-hybridized carbons (Fsp3) is 0.867. The highest BCUT2D eigenvalue weighted by molar-refractivity contribution is 5.83. The maximum atomic E-state index is 11.7. The Bertz CT molecular complexity index is 270.